The van der Waals surface area contributed by atoms with E-state index in [1.54, 1.807) is 0 Å². The van der Waals surface area contributed by atoms with Crippen molar-refractivity contribution in [3.63, 3.8) is 0 Å². The maximum Gasteiger partial charge on any atom is 0.371 e. The number of ether oxygens (including phenoxy) is 4. The van der Waals surface area contributed by atoms with Crippen molar-refractivity contribution in [2.75, 3.05) is 32.1 Å². The van der Waals surface area contributed by atoms with E-state index < -0.39 is 48.1 Å². The zero-order chi connectivity index (χ0) is 31.8. The minimum Gasteiger partial charge on any atom is -0.475 e. The first kappa shape index (κ1) is 34.9. The van der Waals surface area contributed by atoms with Crippen LogP contribution >= 0.6 is 0 Å². The highest BCUT2D eigenvalue weighted by Gasteiger charge is 2.36. The molecule has 0 fully saturated rings. The molecular formula is C27H38N4O12. The molecule has 1 aromatic rings. The van der Waals surface area contributed by atoms with E-state index in [-0.39, 0.29) is 49.8 Å². The molecule has 43 heavy (non-hydrogen) atoms. The first-order valence-corrected chi connectivity index (χ1v) is 13.5. The van der Waals surface area contributed by atoms with Gasteiger partial charge in [-0.15, -0.1) is 0 Å². The number of nitrogens with two attached hydrogens (primary N) is 1. The third-order valence-electron chi connectivity index (χ3n) is 6.07. The van der Waals surface area contributed by atoms with Gasteiger partial charge in [0.15, 0.2) is 6.10 Å². The van der Waals surface area contributed by atoms with Gasteiger partial charge in [-0.2, -0.15) is 0 Å². The average Bonchev–Trinajstić information content (AvgIpc) is 2.97. The molecule has 0 spiro atoms. The molecule has 0 saturated heterocycles. The van der Waals surface area contributed by atoms with Gasteiger partial charge < -0.3 is 56.0 Å². The van der Waals surface area contributed by atoms with Gasteiger partial charge in [0.25, 0.3) is 12.8 Å². The summed E-state index contributed by atoms with van der Waals surface area (Å²) < 4.78 is 20.3. The Kier molecular flexibility index (Phi) is 14.9. The second kappa shape index (κ2) is 18.3. The Labute approximate surface area is 247 Å². The van der Waals surface area contributed by atoms with Crippen molar-refractivity contribution in [2.24, 2.45) is 5.73 Å². The zero-order valence-electron chi connectivity index (χ0n) is 23.7. The SMILES string of the molecule is COCCC(=O)NCCCC[C@H](N)C(=O)NCCC(=O)Nc1cc(COC=O)ccc1O[C@@H]1OC(C(=O)O)=C[C@H](O)[C@H]1O. The van der Waals surface area contributed by atoms with E-state index in [0.29, 0.717) is 38.0 Å². The van der Waals surface area contributed by atoms with E-state index in [2.05, 4.69) is 16.0 Å². The second-order valence-electron chi connectivity index (χ2n) is 9.44. The average molecular weight is 611 g/mol. The van der Waals surface area contributed by atoms with Crippen LogP contribution in [0, 0.1) is 0 Å². The summed E-state index contributed by atoms with van der Waals surface area (Å²) >= 11 is 0. The number of hydrogen-bond donors (Lipinski definition) is 7. The van der Waals surface area contributed by atoms with Gasteiger partial charge in [-0.25, -0.2) is 4.79 Å². The molecule has 1 aliphatic heterocycles. The number of benzene rings is 1. The standard InChI is InChI=1S/C27H38N4O12/c1-40-11-8-22(34)29-9-3-2-4-17(28)25(37)30-10-7-23(35)31-18-12-16(14-41-15-32)5-6-20(18)42-27-24(36)19(33)13-21(43-27)26(38)39/h5-6,12-13,15,17,19,24,27,33,36H,2-4,7-11,14,28H2,1H3,(H,29,34)(H,30,37)(H,31,35)(H,38,39)/t17-,19-,24+,27+/m0/s1. The molecule has 2 rings (SSSR count). The monoisotopic (exact) mass is 610 g/mol. The first-order valence-electron chi connectivity index (χ1n) is 13.5. The number of carbonyl (C=O) groups is 5. The Morgan fingerprint density at radius 1 is 1.09 bits per heavy atom. The minimum absolute atomic E-state index is 0.0402. The molecule has 8 N–H and O–H groups in total. The van der Waals surface area contributed by atoms with Crippen molar-refractivity contribution in [1.29, 1.82) is 0 Å². The van der Waals surface area contributed by atoms with E-state index in [1.807, 2.05) is 0 Å². The van der Waals surface area contributed by atoms with Crippen molar-refractivity contribution in [2.45, 2.75) is 63.3 Å². The van der Waals surface area contributed by atoms with Crippen molar-refractivity contribution in [1.82, 2.24) is 10.6 Å². The van der Waals surface area contributed by atoms with Crippen LogP contribution in [0.25, 0.3) is 0 Å². The summed E-state index contributed by atoms with van der Waals surface area (Å²) in [5.41, 5.74) is 6.44. The largest absolute Gasteiger partial charge is 0.475 e. The number of hydrogen-bond acceptors (Lipinski definition) is 12. The summed E-state index contributed by atoms with van der Waals surface area (Å²) in [5.74, 6) is -3.29. The lowest BCUT2D eigenvalue weighted by atomic mass is 10.1. The van der Waals surface area contributed by atoms with E-state index >= 15 is 0 Å². The van der Waals surface area contributed by atoms with Crippen LogP contribution in [0.1, 0.15) is 37.7 Å². The Hall–Kier alpha value is -4.25. The van der Waals surface area contributed by atoms with Crippen LogP contribution < -0.4 is 26.4 Å². The van der Waals surface area contributed by atoms with Crippen molar-refractivity contribution in [3.05, 3.63) is 35.6 Å². The van der Waals surface area contributed by atoms with Crippen LogP contribution in [0.5, 0.6) is 5.75 Å². The molecule has 4 atom stereocenters. The summed E-state index contributed by atoms with van der Waals surface area (Å²) in [7, 11) is 1.51. The van der Waals surface area contributed by atoms with E-state index in [0.717, 1.165) is 6.08 Å². The number of anilines is 1. The molecule has 16 heteroatoms. The molecule has 0 bridgehead atoms. The van der Waals surface area contributed by atoms with Crippen LogP contribution in [-0.4, -0.2) is 96.8 Å². The first-order chi connectivity index (χ1) is 20.5. The number of rotatable bonds is 19. The maximum atomic E-state index is 12.7. The van der Waals surface area contributed by atoms with E-state index in [1.165, 1.54) is 25.3 Å². The molecule has 16 nitrogen and oxygen atoms in total. The van der Waals surface area contributed by atoms with Crippen molar-refractivity contribution >= 4 is 35.9 Å². The fourth-order valence-corrected chi connectivity index (χ4v) is 3.76. The highest BCUT2D eigenvalue weighted by Crippen LogP contribution is 2.30. The fourth-order valence-electron chi connectivity index (χ4n) is 3.76. The topological polar surface area (TPSA) is 245 Å². The molecule has 1 heterocycles. The number of aliphatic carboxylic acids is 1. The number of aliphatic hydroxyl groups excluding tert-OH is 2. The van der Waals surface area contributed by atoms with Gasteiger partial charge in [0.05, 0.1) is 18.3 Å². The summed E-state index contributed by atoms with van der Waals surface area (Å²) in [6.07, 6.45) is -2.32. The van der Waals surface area contributed by atoms with Crippen molar-refractivity contribution in [3.8, 4) is 5.75 Å². The summed E-state index contributed by atoms with van der Waals surface area (Å²) in [4.78, 5) is 58.4. The third-order valence-corrected chi connectivity index (χ3v) is 6.07. The maximum absolute atomic E-state index is 12.7. The van der Waals surface area contributed by atoms with Gasteiger partial charge >= 0.3 is 5.97 Å². The number of amides is 3. The van der Waals surface area contributed by atoms with Crippen LogP contribution in [0.15, 0.2) is 30.0 Å². The zero-order valence-corrected chi connectivity index (χ0v) is 23.7. The number of aliphatic hydroxyl groups is 2. The van der Waals surface area contributed by atoms with Crippen LogP contribution in [0.3, 0.4) is 0 Å². The Morgan fingerprint density at radius 2 is 1.86 bits per heavy atom. The van der Waals surface area contributed by atoms with E-state index in [9.17, 15) is 39.3 Å². The number of unbranched alkanes of at least 4 members (excludes halogenated alkanes) is 1. The van der Waals surface area contributed by atoms with Gasteiger partial charge in [-0.05, 0) is 43.0 Å². The Balaban J connectivity index is 1.89. The van der Waals surface area contributed by atoms with Crippen LogP contribution in [-0.2, 0) is 44.8 Å². The normalized spacial score (nSPS) is 18.3. The lowest BCUT2D eigenvalue weighted by Gasteiger charge is -2.31. The number of carbonyl (C=O) groups excluding carboxylic acids is 4. The molecule has 0 radical (unpaired) electrons. The summed E-state index contributed by atoms with van der Waals surface area (Å²) in [6.45, 7) is 0.862. The number of methoxy groups -OCH3 is 1. The van der Waals surface area contributed by atoms with Gasteiger partial charge in [-0.3, -0.25) is 19.2 Å². The third kappa shape index (κ3) is 12.3. The predicted molar refractivity (Wildman–Crippen MR) is 148 cm³/mol. The van der Waals surface area contributed by atoms with Gasteiger partial charge in [0, 0.05) is 33.0 Å². The number of carboxylic acid groups (broad SMARTS) is 1. The lowest BCUT2D eigenvalue weighted by Crippen LogP contribution is -2.46. The smallest absolute Gasteiger partial charge is 0.371 e. The lowest BCUT2D eigenvalue weighted by molar-refractivity contribution is -0.172. The van der Waals surface area contributed by atoms with Gasteiger partial charge in [-0.1, -0.05) is 6.07 Å². The molecule has 0 aliphatic carbocycles. The second-order valence-corrected chi connectivity index (χ2v) is 9.44. The van der Waals surface area contributed by atoms with Crippen molar-refractivity contribution < 1.29 is 58.2 Å². The van der Waals surface area contributed by atoms with Crippen LogP contribution in [0.2, 0.25) is 0 Å². The van der Waals surface area contributed by atoms with Gasteiger partial charge in [0.1, 0.15) is 18.5 Å². The summed E-state index contributed by atoms with van der Waals surface area (Å²) in [6, 6.07) is 3.48. The molecule has 0 aromatic heterocycles. The fraction of sp³-hybridized carbons (Fsp3) is 0.519. The van der Waals surface area contributed by atoms with Crippen LogP contribution in [0.4, 0.5) is 5.69 Å². The molecule has 238 valence electrons. The minimum atomic E-state index is -1.65. The Bertz CT molecular complexity index is 1140. The predicted octanol–water partition coefficient (Wildman–Crippen LogP) is -1.12. The highest BCUT2D eigenvalue weighted by molar-refractivity contribution is 5.93. The quantitative estimate of drug-likeness (QED) is 0.0726. The van der Waals surface area contributed by atoms with E-state index in [4.69, 9.17) is 24.7 Å². The molecule has 0 unspecified atom stereocenters. The highest BCUT2D eigenvalue weighted by atomic mass is 16.7. The molecule has 1 aromatic carbocycles. The summed E-state index contributed by atoms with van der Waals surface area (Å²) in [5, 5.41) is 37.3. The number of nitrogens with one attached hydrogen (secondary N) is 3. The molecular weight excluding hydrogens is 572 g/mol. The number of carboxylic acids is 1. The van der Waals surface area contributed by atoms with Gasteiger partial charge in [0.2, 0.25) is 23.5 Å². The molecule has 3 amide bonds. The Morgan fingerprint density at radius 3 is 2.56 bits per heavy atom. The molecule has 0 saturated carbocycles. The molecule has 1 aliphatic rings.